The molecule has 1 atom stereocenters. The molecule has 0 amide bonds. The molecule has 0 spiro atoms. The minimum Gasteiger partial charge on any atom is -0.465 e. The zero-order valence-corrected chi connectivity index (χ0v) is 11.6. The van der Waals surface area contributed by atoms with E-state index in [-0.39, 0.29) is 11.7 Å². The number of esters is 1. The quantitative estimate of drug-likeness (QED) is 0.374. The molecule has 0 saturated carbocycles. The molecule has 0 radical (unpaired) electrons. The van der Waals surface area contributed by atoms with Gasteiger partial charge in [0, 0.05) is 17.8 Å². The van der Waals surface area contributed by atoms with Gasteiger partial charge in [-0.15, -0.1) is 0 Å². The molecule has 0 aromatic heterocycles. The van der Waals surface area contributed by atoms with E-state index in [9.17, 15) is 14.9 Å². The highest BCUT2D eigenvalue weighted by molar-refractivity contribution is 6.00. The van der Waals surface area contributed by atoms with Crippen LogP contribution in [0, 0.1) is 16.0 Å². The molecule has 1 unspecified atom stereocenters. The van der Waals surface area contributed by atoms with Gasteiger partial charge >= 0.3 is 5.97 Å². The minimum atomic E-state index is -0.471. The van der Waals surface area contributed by atoms with Gasteiger partial charge in [0.2, 0.25) is 0 Å². The highest BCUT2D eigenvalue weighted by Crippen LogP contribution is 2.15. The van der Waals surface area contributed by atoms with E-state index in [1.807, 2.05) is 0 Å². The van der Waals surface area contributed by atoms with Crippen LogP contribution >= 0.6 is 0 Å². The SMILES string of the molecule is CCOC(=O)C(C)C(C)=NNc1ccc([N+](=O)[O-])cc1. The summed E-state index contributed by atoms with van der Waals surface area (Å²) >= 11 is 0. The molecular formula is C13H17N3O4. The van der Waals surface area contributed by atoms with Gasteiger partial charge in [-0.05, 0) is 32.9 Å². The van der Waals surface area contributed by atoms with Crippen LogP contribution in [0.1, 0.15) is 20.8 Å². The zero-order chi connectivity index (χ0) is 15.1. The van der Waals surface area contributed by atoms with Crippen molar-refractivity contribution in [2.24, 2.45) is 11.0 Å². The van der Waals surface area contributed by atoms with Gasteiger partial charge in [0.15, 0.2) is 0 Å². The molecule has 0 saturated heterocycles. The van der Waals surface area contributed by atoms with Gasteiger partial charge in [0.1, 0.15) is 0 Å². The van der Waals surface area contributed by atoms with E-state index in [1.165, 1.54) is 12.1 Å². The van der Waals surface area contributed by atoms with Crippen LogP contribution in [0.5, 0.6) is 0 Å². The second-order valence-electron chi connectivity index (χ2n) is 4.14. The fraction of sp³-hybridized carbons (Fsp3) is 0.385. The van der Waals surface area contributed by atoms with Crippen molar-refractivity contribution in [3.8, 4) is 0 Å². The van der Waals surface area contributed by atoms with Crippen molar-refractivity contribution < 1.29 is 14.5 Å². The molecule has 7 nitrogen and oxygen atoms in total. The van der Waals surface area contributed by atoms with Crippen molar-refractivity contribution >= 4 is 23.1 Å². The van der Waals surface area contributed by atoms with Crippen LogP contribution in [-0.2, 0) is 9.53 Å². The molecule has 0 aliphatic rings. The lowest BCUT2D eigenvalue weighted by atomic mass is 10.1. The van der Waals surface area contributed by atoms with E-state index >= 15 is 0 Å². The van der Waals surface area contributed by atoms with Crippen molar-refractivity contribution in [2.75, 3.05) is 12.0 Å². The van der Waals surface area contributed by atoms with Crippen LogP contribution in [0.2, 0.25) is 0 Å². The number of carbonyl (C=O) groups is 1. The van der Waals surface area contributed by atoms with E-state index in [1.54, 1.807) is 32.9 Å². The standard InChI is InChI=1S/C13H17N3O4/c1-4-20-13(17)9(2)10(3)14-15-11-5-7-12(8-6-11)16(18)19/h5-9,15H,4H2,1-3H3. The second kappa shape index (κ2) is 7.22. The summed E-state index contributed by atoms with van der Waals surface area (Å²) in [6.45, 7) is 5.48. The fourth-order valence-electron chi connectivity index (χ4n) is 1.35. The third-order valence-corrected chi connectivity index (χ3v) is 2.71. The summed E-state index contributed by atoms with van der Waals surface area (Å²) < 4.78 is 4.90. The number of rotatable bonds is 6. The Bertz CT molecular complexity index is 511. The molecule has 0 aliphatic heterocycles. The summed E-state index contributed by atoms with van der Waals surface area (Å²) in [5, 5.41) is 14.6. The summed E-state index contributed by atoms with van der Waals surface area (Å²) in [4.78, 5) is 21.5. The molecule has 20 heavy (non-hydrogen) atoms. The number of non-ortho nitro benzene ring substituents is 1. The first-order valence-corrected chi connectivity index (χ1v) is 6.17. The molecule has 108 valence electrons. The molecule has 1 rings (SSSR count). The van der Waals surface area contributed by atoms with E-state index < -0.39 is 10.8 Å². The Morgan fingerprint density at radius 2 is 2.05 bits per heavy atom. The Morgan fingerprint density at radius 3 is 2.55 bits per heavy atom. The number of nitro benzene ring substituents is 1. The monoisotopic (exact) mass is 279 g/mol. The Labute approximate surface area is 116 Å². The summed E-state index contributed by atoms with van der Waals surface area (Å²) in [5.41, 5.74) is 3.93. The first kappa shape index (κ1) is 15.6. The molecule has 1 aromatic rings. The zero-order valence-electron chi connectivity index (χ0n) is 11.6. The molecule has 1 aromatic carbocycles. The number of anilines is 1. The van der Waals surface area contributed by atoms with Gasteiger partial charge in [-0.1, -0.05) is 0 Å². The van der Waals surface area contributed by atoms with Crippen LogP contribution in [0.15, 0.2) is 29.4 Å². The van der Waals surface area contributed by atoms with Gasteiger partial charge in [-0.2, -0.15) is 5.10 Å². The first-order chi connectivity index (χ1) is 9.45. The van der Waals surface area contributed by atoms with E-state index in [0.29, 0.717) is 18.0 Å². The van der Waals surface area contributed by atoms with Gasteiger partial charge < -0.3 is 4.74 Å². The number of ether oxygens (including phenoxy) is 1. The number of carbonyl (C=O) groups excluding carboxylic acids is 1. The summed E-state index contributed by atoms with van der Waals surface area (Å²) in [7, 11) is 0. The highest BCUT2D eigenvalue weighted by atomic mass is 16.6. The average molecular weight is 279 g/mol. The predicted octanol–water partition coefficient (Wildman–Crippen LogP) is 2.58. The third-order valence-electron chi connectivity index (χ3n) is 2.71. The van der Waals surface area contributed by atoms with Gasteiger partial charge in [-0.3, -0.25) is 20.3 Å². The number of hydrazone groups is 1. The molecule has 1 N–H and O–H groups in total. The number of nitrogens with one attached hydrogen (secondary N) is 1. The molecular weight excluding hydrogens is 262 g/mol. The fourth-order valence-corrected chi connectivity index (χ4v) is 1.35. The second-order valence-corrected chi connectivity index (χ2v) is 4.14. The molecule has 0 heterocycles. The highest BCUT2D eigenvalue weighted by Gasteiger charge is 2.17. The Balaban J connectivity index is 2.66. The van der Waals surface area contributed by atoms with Crippen molar-refractivity contribution in [1.29, 1.82) is 0 Å². The van der Waals surface area contributed by atoms with Crippen LogP contribution in [-0.4, -0.2) is 23.2 Å². The van der Waals surface area contributed by atoms with Crippen molar-refractivity contribution in [3.05, 3.63) is 34.4 Å². The number of nitro groups is 1. The van der Waals surface area contributed by atoms with E-state index in [0.717, 1.165) is 0 Å². The molecule has 0 bridgehead atoms. The summed E-state index contributed by atoms with van der Waals surface area (Å²) in [6, 6.07) is 5.85. The van der Waals surface area contributed by atoms with Crippen molar-refractivity contribution in [2.45, 2.75) is 20.8 Å². The maximum Gasteiger partial charge on any atom is 0.314 e. The topological polar surface area (TPSA) is 93.8 Å². The van der Waals surface area contributed by atoms with Crippen molar-refractivity contribution in [1.82, 2.24) is 0 Å². The Morgan fingerprint density at radius 1 is 1.45 bits per heavy atom. The maximum atomic E-state index is 11.5. The number of benzene rings is 1. The van der Waals surface area contributed by atoms with Gasteiger partial charge in [0.05, 0.1) is 23.1 Å². The van der Waals surface area contributed by atoms with Gasteiger partial charge in [-0.25, -0.2) is 0 Å². The lowest BCUT2D eigenvalue weighted by Gasteiger charge is -2.10. The van der Waals surface area contributed by atoms with Crippen molar-refractivity contribution in [3.63, 3.8) is 0 Å². The lowest BCUT2D eigenvalue weighted by Crippen LogP contribution is -2.22. The van der Waals surface area contributed by atoms with E-state index in [2.05, 4.69) is 10.5 Å². The third kappa shape index (κ3) is 4.34. The first-order valence-electron chi connectivity index (χ1n) is 6.17. The van der Waals surface area contributed by atoms with Gasteiger partial charge in [0.25, 0.3) is 5.69 Å². The van der Waals surface area contributed by atoms with Crippen LogP contribution in [0.3, 0.4) is 0 Å². The average Bonchev–Trinajstić information content (AvgIpc) is 2.44. The molecule has 0 fully saturated rings. The predicted molar refractivity (Wildman–Crippen MR) is 75.6 cm³/mol. The van der Waals surface area contributed by atoms with Crippen LogP contribution < -0.4 is 5.43 Å². The number of nitrogens with zero attached hydrogens (tertiary/aromatic N) is 2. The lowest BCUT2D eigenvalue weighted by molar-refractivity contribution is -0.384. The smallest absolute Gasteiger partial charge is 0.314 e. The van der Waals surface area contributed by atoms with Crippen LogP contribution in [0.4, 0.5) is 11.4 Å². The summed E-state index contributed by atoms with van der Waals surface area (Å²) in [6.07, 6.45) is 0. The normalized spacial score (nSPS) is 12.7. The van der Waals surface area contributed by atoms with E-state index in [4.69, 9.17) is 4.74 Å². The molecule has 7 heteroatoms. The largest absolute Gasteiger partial charge is 0.465 e. The summed E-state index contributed by atoms with van der Waals surface area (Å²) in [5.74, 6) is -0.778. The number of hydrogen-bond donors (Lipinski definition) is 1. The van der Waals surface area contributed by atoms with Crippen LogP contribution in [0.25, 0.3) is 0 Å². The molecule has 0 aliphatic carbocycles. The Kier molecular flexibility index (Phi) is 5.64. The maximum absolute atomic E-state index is 11.5. The number of hydrogen-bond acceptors (Lipinski definition) is 6. The Hall–Kier alpha value is -2.44. The minimum absolute atomic E-state index is 0.0103.